The Labute approximate surface area is 110 Å². The van der Waals surface area contributed by atoms with Crippen LogP contribution in [0.1, 0.15) is 15.9 Å². The van der Waals surface area contributed by atoms with Crippen LogP contribution >= 0.6 is 11.6 Å². The van der Waals surface area contributed by atoms with E-state index in [-0.39, 0.29) is 6.54 Å². The summed E-state index contributed by atoms with van der Waals surface area (Å²) in [5.41, 5.74) is 1.22. The number of halogens is 1. The van der Waals surface area contributed by atoms with E-state index < -0.39 is 5.91 Å². The largest absolute Gasteiger partial charge is 0.285 e. The van der Waals surface area contributed by atoms with E-state index in [1.807, 2.05) is 30.3 Å². The minimum Gasteiger partial charge on any atom is -0.285 e. The lowest BCUT2D eigenvalue weighted by atomic mass is 10.2. The molecule has 1 N–H and O–H groups in total. The van der Waals surface area contributed by atoms with Gasteiger partial charge in [-0.1, -0.05) is 48.0 Å². The van der Waals surface area contributed by atoms with Crippen molar-refractivity contribution in [3.8, 4) is 0 Å². The molecular weight excluding hydrogens is 250 g/mol. The lowest BCUT2D eigenvalue weighted by Crippen LogP contribution is -2.26. The van der Waals surface area contributed by atoms with Crippen molar-refractivity contribution in [2.24, 2.45) is 0 Å². The summed E-state index contributed by atoms with van der Waals surface area (Å²) >= 11 is 5.80. The van der Waals surface area contributed by atoms with Gasteiger partial charge in [-0.2, -0.15) is 0 Å². The number of hydroxylamine groups is 2. The van der Waals surface area contributed by atoms with E-state index in [1.54, 1.807) is 18.2 Å². The van der Waals surface area contributed by atoms with Gasteiger partial charge in [0.25, 0.3) is 5.91 Å². The van der Waals surface area contributed by atoms with Crippen molar-refractivity contribution in [2.75, 3.05) is 0 Å². The highest BCUT2D eigenvalue weighted by Gasteiger charge is 2.13. The predicted octanol–water partition coefficient (Wildman–Crippen LogP) is 3.37. The molecule has 0 saturated carbocycles. The maximum Gasteiger partial charge on any atom is 0.277 e. The standard InChI is InChI=1S/C14H12ClNO2/c15-13-8-4-7-12(9-13)14(17)16(18)10-11-5-2-1-3-6-11/h1-9,18H,10H2. The van der Waals surface area contributed by atoms with Crippen LogP contribution in [0, 0.1) is 0 Å². The lowest BCUT2D eigenvalue weighted by Gasteiger charge is -2.15. The van der Waals surface area contributed by atoms with E-state index in [1.165, 1.54) is 6.07 Å². The van der Waals surface area contributed by atoms with Crippen molar-refractivity contribution in [3.63, 3.8) is 0 Å². The van der Waals surface area contributed by atoms with E-state index in [0.717, 1.165) is 5.56 Å². The molecule has 0 radical (unpaired) electrons. The average Bonchev–Trinajstić information content (AvgIpc) is 2.39. The fourth-order valence-electron chi connectivity index (χ4n) is 1.60. The summed E-state index contributed by atoms with van der Waals surface area (Å²) in [5, 5.41) is 10.9. The molecule has 0 aliphatic carbocycles. The van der Waals surface area contributed by atoms with Gasteiger partial charge in [-0.3, -0.25) is 10.0 Å². The lowest BCUT2D eigenvalue weighted by molar-refractivity contribution is -0.0648. The first-order chi connectivity index (χ1) is 8.66. The molecule has 1 amide bonds. The Kier molecular flexibility index (Phi) is 3.97. The molecule has 2 aromatic rings. The monoisotopic (exact) mass is 261 g/mol. The summed E-state index contributed by atoms with van der Waals surface area (Å²) in [4.78, 5) is 11.9. The molecule has 0 spiro atoms. The fourth-order valence-corrected chi connectivity index (χ4v) is 1.79. The van der Waals surface area contributed by atoms with E-state index in [9.17, 15) is 10.0 Å². The third-order valence-corrected chi connectivity index (χ3v) is 2.72. The van der Waals surface area contributed by atoms with Crippen LogP contribution in [0.15, 0.2) is 54.6 Å². The van der Waals surface area contributed by atoms with Crippen LogP contribution < -0.4 is 0 Å². The van der Waals surface area contributed by atoms with Crippen molar-refractivity contribution in [1.82, 2.24) is 5.06 Å². The van der Waals surface area contributed by atoms with Gasteiger partial charge in [0, 0.05) is 10.6 Å². The average molecular weight is 262 g/mol. The molecule has 3 nitrogen and oxygen atoms in total. The molecule has 0 atom stereocenters. The number of rotatable bonds is 3. The molecule has 0 saturated heterocycles. The Morgan fingerprint density at radius 1 is 1.11 bits per heavy atom. The van der Waals surface area contributed by atoms with Crippen LogP contribution in [0.5, 0.6) is 0 Å². The summed E-state index contributed by atoms with van der Waals surface area (Å²) in [6.07, 6.45) is 0. The van der Waals surface area contributed by atoms with Gasteiger partial charge in [0.05, 0.1) is 6.54 Å². The Morgan fingerprint density at radius 2 is 1.83 bits per heavy atom. The highest BCUT2D eigenvalue weighted by molar-refractivity contribution is 6.30. The minimum absolute atomic E-state index is 0.145. The predicted molar refractivity (Wildman–Crippen MR) is 69.6 cm³/mol. The second kappa shape index (κ2) is 5.67. The smallest absolute Gasteiger partial charge is 0.277 e. The molecule has 0 aromatic heterocycles. The van der Waals surface area contributed by atoms with Crippen molar-refractivity contribution in [3.05, 3.63) is 70.7 Å². The van der Waals surface area contributed by atoms with Gasteiger partial charge >= 0.3 is 0 Å². The molecule has 2 aromatic carbocycles. The van der Waals surface area contributed by atoms with Crippen LogP contribution in [0.25, 0.3) is 0 Å². The highest BCUT2D eigenvalue weighted by atomic mass is 35.5. The molecule has 4 heteroatoms. The topological polar surface area (TPSA) is 40.5 Å². The van der Waals surface area contributed by atoms with Crippen LogP contribution in [0.2, 0.25) is 5.02 Å². The zero-order valence-corrected chi connectivity index (χ0v) is 10.3. The second-order valence-corrected chi connectivity index (χ2v) is 4.30. The second-order valence-electron chi connectivity index (χ2n) is 3.86. The number of carbonyl (C=O) groups is 1. The third kappa shape index (κ3) is 3.09. The van der Waals surface area contributed by atoms with Crippen molar-refractivity contribution in [2.45, 2.75) is 6.54 Å². The van der Waals surface area contributed by atoms with E-state index in [4.69, 9.17) is 11.6 Å². The van der Waals surface area contributed by atoms with E-state index in [2.05, 4.69) is 0 Å². The van der Waals surface area contributed by atoms with Crippen LogP contribution in [0.4, 0.5) is 0 Å². The molecule has 0 aliphatic heterocycles. The minimum atomic E-state index is -0.471. The molecule has 0 unspecified atom stereocenters. The fraction of sp³-hybridized carbons (Fsp3) is 0.0714. The SMILES string of the molecule is O=C(c1cccc(Cl)c1)N(O)Cc1ccccc1. The first kappa shape index (κ1) is 12.6. The summed E-state index contributed by atoms with van der Waals surface area (Å²) in [6.45, 7) is 0.145. The Balaban J connectivity index is 2.10. The van der Waals surface area contributed by atoms with Crippen LogP contribution in [-0.4, -0.2) is 16.2 Å². The molecular formula is C14H12ClNO2. The highest BCUT2D eigenvalue weighted by Crippen LogP contribution is 2.13. The maximum atomic E-state index is 11.9. The van der Waals surface area contributed by atoms with Gasteiger partial charge in [0.1, 0.15) is 0 Å². The number of nitrogens with zero attached hydrogens (tertiary/aromatic N) is 1. The van der Waals surface area contributed by atoms with Gasteiger partial charge in [0.15, 0.2) is 0 Å². The van der Waals surface area contributed by atoms with Crippen LogP contribution in [0.3, 0.4) is 0 Å². The molecule has 0 bridgehead atoms. The zero-order valence-electron chi connectivity index (χ0n) is 9.58. The molecule has 18 heavy (non-hydrogen) atoms. The van der Waals surface area contributed by atoms with E-state index in [0.29, 0.717) is 15.6 Å². The number of amides is 1. The van der Waals surface area contributed by atoms with Gasteiger partial charge in [-0.15, -0.1) is 0 Å². The summed E-state index contributed by atoms with van der Waals surface area (Å²) in [7, 11) is 0. The van der Waals surface area contributed by atoms with Gasteiger partial charge in [0.2, 0.25) is 0 Å². The summed E-state index contributed by atoms with van der Waals surface area (Å²) in [6, 6.07) is 15.8. The normalized spacial score (nSPS) is 10.1. The van der Waals surface area contributed by atoms with Gasteiger partial charge < -0.3 is 0 Å². The van der Waals surface area contributed by atoms with Crippen molar-refractivity contribution < 1.29 is 10.0 Å². The summed E-state index contributed by atoms with van der Waals surface area (Å²) in [5.74, 6) is -0.471. The number of hydrogen-bond acceptors (Lipinski definition) is 2. The molecule has 92 valence electrons. The van der Waals surface area contributed by atoms with Crippen molar-refractivity contribution in [1.29, 1.82) is 0 Å². The Hall–Kier alpha value is -1.84. The van der Waals surface area contributed by atoms with Gasteiger partial charge in [-0.25, -0.2) is 5.06 Å². The summed E-state index contributed by atoms with van der Waals surface area (Å²) < 4.78 is 0. The number of hydrogen-bond donors (Lipinski definition) is 1. The van der Waals surface area contributed by atoms with Crippen LogP contribution in [-0.2, 0) is 6.54 Å². The first-order valence-electron chi connectivity index (χ1n) is 5.47. The van der Waals surface area contributed by atoms with Gasteiger partial charge in [-0.05, 0) is 23.8 Å². The Bertz CT molecular complexity index is 543. The molecule has 2 rings (SSSR count). The van der Waals surface area contributed by atoms with Crippen molar-refractivity contribution >= 4 is 17.5 Å². The molecule has 0 aliphatic rings. The van der Waals surface area contributed by atoms with E-state index >= 15 is 0 Å². The number of carbonyl (C=O) groups excluding carboxylic acids is 1. The first-order valence-corrected chi connectivity index (χ1v) is 5.85. The zero-order chi connectivity index (χ0) is 13.0. The number of benzene rings is 2. The molecule has 0 fully saturated rings. The quantitative estimate of drug-likeness (QED) is 0.680. The molecule has 0 heterocycles. The third-order valence-electron chi connectivity index (χ3n) is 2.48. The Morgan fingerprint density at radius 3 is 2.50 bits per heavy atom. The maximum absolute atomic E-state index is 11.9.